The molecule has 19 heavy (non-hydrogen) atoms. The van der Waals surface area contributed by atoms with E-state index in [1.807, 2.05) is 0 Å². The van der Waals surface area contributed by atoms with Crippen LogP contribution in [0.2, 0.25) is 0 Å². The number of quaternary nitrogens is 1. The highest BCUT2D eigenvalue weighted by atomic mass is 79.9. The number of alkyl halides is 2. The molecule has 3 nitrogen and oxygen atoms in total. The third kappa shape index (κ3) is 3.55. The Hall–Kier alpha value is -0.460. The van der Waals surface area contributed by atoms with Gasteiger partial charge in [0.25, 0.3) is 0 Å². The third-order valence-corrected chi connectivity index (χ3v) is 4.10. The molecule has 0 unspecified atom stereocenters. The number of halogens is 3. The van der Waals surface area contributed by atoms with Crippen molar-refractivity contribution < 1.29 is 19.2 Å². The lowest BCUT2D eigenvalue weighted by atomic mass is 9.85. The van der Waals surface area contributed by atoms with Crippen LogP contribution in [0.3, 0.4) is 0 Å². The summed E-state index contributed by atoms with van der Waals surface area (Å²) < 4.78 is 18.2. The van der Waals surface area contributed by atoms with Gasteiger partial charge in [0.05, 0.1) is 13.1 Å². The number of carbonyl (C=O) groups is 1. The molecule has 2 N–H and O–H groups in total. The number of hydrogen-bond donors (Lipinski definition) is 1. The molecule has 0 atom stereocenters. The molecule has 104 valence electrons. The summed E-state index contributed by atoms with van der Waals surface area (Å²) in [7, 11) is 0. The zero-order chi connectivity index (χ0) is 13.9. The van der Waals surface area contributed by atoms with Crippen LogP contribution in [0.4, 0.5) is 4.39 Å². The molecule has 1 saturated heterocycles. The number of rotatable bonds is 3. The molecular weight excluding hydrogens is 381 g/mol. The van der Waals surface area contributed by atoms with Gasteiger partial charge in [0.2, 0.25) is 0 Å². The number of nitrogens with two attached hydrogens (primary N) is 1. The summed E-state index contributed by atoms with van der Waals surface area (Å²) in [4.78, 5) is 11.9. The second kappa shape index (κ2) is 6.33. The first-order valence-corrected chi connectivity index (χ1v) is 7.95. The summed E-state index contributed by atoms with van der Waals surface area (Å²) in [6, 6.07) is 6.21. The van der Waals surface area contributed by atoms with Crippen LogP contribution in [0.1, 0.15) is 18.4 Å². The number of carbonyl (C=O) groups excluding carboxylic acids is 1. The maximum absolute atomic E-state index is 13.0. The Morgan fingerprint density at radius 3 is 2.37 bits per heavy atom. The van der Waals surface area contributed by atoms with Gasteiger partial charge in [-0.05, 0) is 17.7 Å². The van der Waals surface area contributed by atoms with Gasteiger partial charge in [-0.3, -0.25) is 0 Å². The first-order valence-electron chi connectivity index (χ1n) is 6.12. The second-order valence-corrected chi connectivity index (χ2v) is 7.65. The number of benzene rings is 1. The van der Waals surface area contributed by atoms with E-state index >= 15 is 0 Å². The molecule has 1 aromatic rings. The SMILES string of the molecule is O=C(OC1(c2ccc(F)cc2)CC[NH2+]CC1)C(Br)Br. The molecule has 6 heteroatoms. The lowest BCUT2D eigenvalue weighted by molar-refractivity contribution is -0.668. The summed E-state index contributed by atoms with van der Waals surface area (Å²) >= 11 is 6.30. The van der Waals surface area contributed by atoms with Crippen LogP contribution in [-0.2, 0) is 15.1 Å². The summed E-state index contributed by atoms with van der Waals surface area (Å²) in [5.41, 5.74) is 0.218. The van der Waals surface area contributed by atoms with Crippen molar-refractivity contribution in [1.29, 1.82) is 0 Å². The monoisotopic (exact) mass is 394 g/mol. The predicted molar refractivity (Wildman–Crippen MR) is 76.7 cm³/mol. The smallest absolute Gasteiger partial charge is 0.331 e. The van der Waals surface area contributed by atoms with Gasteiger partial charge in [-0.25, -0.2) is 9.18 Å². The molecule has 1 aromatic carbocycles. The Labute approximate surface area is 128 Å². The van der Waals surface area contributed by atoms with E-state index in [2.05, 4.69) is 37.2 Å². The van der Waals surface area contributed by atoms with Crippen LogP contribution < -0.4 is 5.32 Å². The Balaban J connectivity index is 2.28. The minimum absolute atomic E-state index is 0.286. The van der Waals surface area contributed by atoms with Crippen molar-refractivity contribution in [2.45, 2.75) is 22.2 Å². The zero-order valence-electron chi connectivity index (χ0n) is 10.2. The summed E-state index contributed by atoms with van der Waals surface area (Å²) in [6.45, 7) is 1.78. The molecule has 0 aliphatic carbocycles. The van der Waals surface area contributed by atoms with E-state index in [1.165, 1.54) is 12.1 Å². The number of esters is 1. The largest absolute Gasteiger partial charge is 0.452 e. The van der Waals surface area contributed by atoms with Crippen LogP contribution in [0.5, 0.6) is 0 Å². The Bertz CT molecular complexity index is 444. The van der Waals surface area contributed by atoms with Crippen molar-refractivity contribution in [3.8, 4) is 0 Å². The van der Waals surface area contributed by atoms with E-state index in [0.29, 0.717) is 0 Å². The molecule has 0 bridgehead atoms. The highest BCUT2D eigenvalue weighted by Gasteiger charge is 2.40. The second-order valence-electron chi connectivity index (χ2n) is 4.59. The zero-order valence-corrected chi connectivity index (χ0v) is 13.4. The van der Waals surface area contributed by atoms with Crippen molar-refractivity contribution in [2.24, 2.45) is 0 Å². The Morgan fingerprint density at radius 2 is 1.84 bits per heavy atom. The van der Waals surface area contributed by atoms with Crippen LogP contribution in [0.15, 0.2) is 24.3 Å². The average molecular weight is 396 g/mol. The molecule has 0 aromatic heterocycles. The van der Waals surface area contributed by atoms with Gasteiger partial charge in [0, 0.05) is 12.8 Å². The van der Waals surface area contributed by atoms with E-state index < -0.39 is 9.34 Å². The molecular formula is C13H15Br2FNO2+. The van der Waals surface area contributed by atoms with Gasteiger partial charge in [-0.2, -0.15) is 0 Å². The maximum Gasteiger partial charge on any atom is 0.331 e. The van der Waals surface area contributed by atoms with Gasteiger partial charge in [-0.1, -0.05) is 44.0 Å². The summed E-state index contributed by atoms with van der Waals surface area (Å²) in [5, 5.41) is 2.19. The molecule has 1 aliphatic heterocycles. The molecule has 0 amide bonds. The molecule has 1 heterocycles. The number of piperidine rings is 1. The van der Waals surface area contributed by atoms with Gasteiger partial charge < -0.3 is 10.1 Å². The Kier molecular flexibility index (Phi) is 4.97. The van der Waals surface area contributed by atoms with Crippen molar-refractivity contribution >= 4 is 37.8 Å². The topological polar surface area (TPSA) is 42.9 Å². The lowest BCUT2D eigenvalue weighted by Gasteiger charge is -2.36. The normalized spacial score (nSPS) is 18.3. The number of ether oxygens (including phenoxy) is 1. The third-order valence-electron chi connectivity index (χ3n) is 3.35. The number of hydrogen-bond acceptors (Lipinski definition) is 2. The fourth-order valence-electron chi connectivity index (χ4n) is 2.38. The summed E-state index contributed by atoms with van der Waals surface area (Å²) in [6.07, 6.45) is 1.47. The average Bonchev–Trinajstić information content (AvgIpc) is 2.40. The molecule has 2 rings (SSSR count). The molecule has 1 fully saturated rings. The van der Waals surface area contributed by atoms with Gasteiger partial charge in [0.1, 0.15) is 11.4 Å². The van der Waals surface area contributed by atoms with Crippen molar-refractivity contribution in [2.75, 3.05) is 13.1 Å². The highest BCUT2D eigenvalue weighted by Crippen LogP contribution is 2.35. The van der Waals surface area contributed by atoms with Crippen molar-refractivity contribution in [1.82, 2.24) is 0 Å². The molecule has 0 spiro atoms. The van der Waals surface area contributed by atoms with E-state index in [0.717, 1.165) is 31.5 Å². The minimum Gasteiger partial charge on any atom is -0.452 e. The van der Waals surface area contributed by atoms with Crippen molar-refractivity contribution in [3.63, 3.8) is 0 Å². The standard InChI is InChI=1S/C13H14Br2FNO2/c14-11(15)12(18)19-13(5-7-17-8-6-13)9-1-3-10(16)4-2-9/h1-4,11,17H,5-8H2/p+1. The van der Waals surface area contributed by atoms with E-state index in [-0.39, 0.29) is 11.8 Å². The fourth-order valence-corrected chi connectivity index (χ4v) is 2.57. The molecule has 0 radical (unpaired) electrons. The quantitative estimate of drug-likeness (QED) is 0.628. The minimum atomic E-state index is -0.640. The first kappa shape index (κ1) is 14.9. The molecule has 0 saturated carbocycles. The highest BCUT2D eigenvalue weighted by molar-refractivity contribution is 9.25. The van der Waals surface area contributed by atoms with Crippen LogP contribution >= 0.6 is 31.9 Å². The van der Waals surface area contributed by atoms with E-state index in [1.54, 1.807) is 12.1 Å². The molecule has 1 aliphatic rings. The predicted octanol–water partition coefficient (Wildman–Crippen LogP) is 2.04. The first-order chi connectivity index (χ1) is 9.03. The lowest BCUT2D eigenvalue weighted by Crippen LogP contribution is -2.87. The van der Waals surface area contributed by atoms with Crippen molar-refractivity contribution in [3.05, 3.63) is 35.6 Å². The van der Waals surface area contributed by atoms with Crippen LogP contribution in [0, 0.1) is 5.82 Å². The Morgan fingerprint density at radius 1 is 1.26 bits per heavy atom. The maximum atomic E-state index is 13.0. The van der Waals surface area contributed by atoms with Gasteiger partial charge >= 0.3 is 5.97 Å². The fraction of sp³-hybridized carbons (Fsp3) is 0.462. The van der Waals surface area contributed by atoms with Gasteiger partial charge in [0.15, 0.2) is 3.74 Å². The van der Waals surface area contributed by atoms with Gasteiger partial charge in [-0.15, -0.1) is 0 Å². The van der Waals surface area contributed by atoms with Crippen LogP contribution in [-0.4, -0.2) is 22.8 Å². The van der Waals surface area contributed by atoms with Crippen LogP contribution in [0.25, 0.3) is 0 Å². The van der Waals surface area contributed by atoms with E-state index in [9.17, 15) is 9.18 Å². The summed E-state index contributed by atoms with van der Waals surface area (Å²) in [5.74, 6) is -0.641. The van der Waals surface area contributed by atoms with E-state index in [4.69, 9.17) is 4.74 Å².